The third-order valence-corrected chi connectivity index (χ3v) is 8.04. The highest BCUT2D eigenvalue weighted by Gasteiger charge is 2.34. The van der Waals surface area contributed by atoms with Gasteiger partial charge in [-0.05, 0) is 55.3 Å². The van der Waals surface area contributed by atoms with E-state index in [9.17, 15) is 22.4 Å². The molecule has 0 saturated heterocycles. The number of carbonyl (C=O) groups excluding carboxylic acids is 1. The molecule has 1 heterocycles. The summed E-state index contributed by atoms with van der Waals surface area (Å²) in [6.07, 6.45) is -4.75. The van der Waals surface area contributed by atoms with Gasteiger partial charge in [-0.1, -0.05) is 11.2 Å². The van der Waals surface area contributed by atoms with Gasteiger partial charge in [-0.25, -0.2) is 9.37 Å². The summed E-state index contributed by atoms with van der Waals surface area (Å²) in [5, 5.41) is 6.51. The molecule has 0 spiro atoms. The Hall–Kier alpha value is -3.36. The van der Waals surface area contributed by atoms with Gasteiger partial charge in [0.25, 0.3) is 5.91 Å². The van der Waals surface area contributed by atoms with Crippen LogP contribution in [0.3, 0.4) is 0 Å². The maximum absolute atomic E-state index is 14.0. The number of halogens is 4. The molecule has 15 heteroatoms. The largest absolute Gasteiger partial charge is 0.484 e. The van der Waals surface area contributed by atoms with E-state index in [-0.39, 0.29) is 19.1 Å². The van der Waals surface area contributed by atoms with Crippen LogP contribution in [0.25, 0.3) is 21.0 Å². The summed E-state index contributed by atoms with van der Waals surface area (Å²) < 4.78 is 68.8. The summed E-state index contributed by atoms with van der Waals surface area (Å²) in [7, 11) is 0. The van der Waals surface area contributed by atoms with Crippen molar-refractivity contribution in [1.29, 1.82) is 0 Å². The smallest absolute Gasteiger partial charge is 0.419 e. The van der Waals surface area contributed by atoms with Crippen LogP contribution >= 0.6 is 23.1 Å². The number of amides is 1. The average molecular weight is 628 g/mol. The number of azide groups is 1. The SMILES string of the molecule is Cc1cc(SCc2sc(-c3ccc(C(F)(F)F)c(F)c3)nc2C)ccc1OCC(=O)NCCOCCOCCN=[N+]=[N-]. The number of nitrogens with zero attached hydrogens (tertiary/aromatic N) is 4. The zero-order valence-corrected chi connectivity index (χ0v) is 24.5. The fraction of sp³-hybridized carbons (Fsp3) is 0.407. The molecule has 9 nitrogen and oxygen atoms in total. The summed E-state index contributed by atoms with van der Waals surface area (Å²) in [6.45, 7) is 5.47. The highest BCUT2D eigenvalue weighted by atomic mass is 32.2. The minimum atomic E-state index is -4.75. The second kappa shape index (κ2) is 16.3. The van der Waals surface area contributed by atoms with Gasteiger partial charge >= 0.3 is 6.18 Å². The maximum atomic E-state index is 14.0. The first kappa shape index (κ1) is 33.1. The first-order valence-corrected chi connectivity index (χ1v) is 14.5. The van der Waals surface area contributed by atoms with Crippen molar-refractivity contribution in [3.05, 3.63) is 74.4 Å². The molecule has 0 bridgehead atoms. The maximum Gasteiger partial charge on any atom is 0.419 e. The molecule has 0 fully saturated rings. The fourth-order valence-electron chi connectivity index (χ4n) is 3.51. The minimum absolute atomic E-state index is 0.150. The summed E-state index contributed by atoms with van der Waals surface area (Å²) >= 11 is 2.86. The standard InChI is InChI=1S/C27H29F4N5O4S2/c1-17-13-20(4-6-23(17)40-15-25(37)33-7-9-38-11-12-39-10-8-34-36-32)41-16-24-18(2)35-26(42-24)19-3-5-21(22(28)14-19)27(29,30)31/h3-6,13-14H,7-12,15-16H2,1-2H3,(H,33,37). The summed E-state index contributed by atoms with van der Waals surface area (Å²) in [4.78, 5) is 21.0. The molecule has 0 aliphatic rings. The molecule has 0 saturated carbocycles. The fourth-order valence-corrected chi connectivity index (χ4v) is 5.71. The van der Waals surface area contributed by atoms with Gasteiger partial charge in [-0.15, -0.1) is 23.1 Å². The van der Waals surface area contributed by atoms with Crippen molar-refractivity contribution >= 4 is 29.0 Å². The van der Waals surface area contributed by atoms with Crippen molar-refractivity contribution in [3.63, 3.8) is 0 Å². The van der Waals surface area contributed by atoms with E-state index in [1.807, 2.05) is 19.1 Å². The molecule has 226 valence electrons. The molecule has 0 radical (unpaired) electrons. The lowest BCUT2D eigenvalue weighted by Gasteiger charge is -2.11. The zero-order chi connectivity index (χ0) is 30.5. The number of benzene rings is 2. The van der Waals surface area contributed by atoms with Crippen LogP contribution < -0.4 is 10.1 Å². The van der Waals surface area contributed by atoms with Crippen LogP contribution in [0.2, 0.25) is 0 Å². The molecule has 3 aromatic rings. The first-order valence-electron chi connectivity index (χ1n) is 12.7. The van der Waals surface area contributed by atoms with Gasteiger partial charge in [0.2, 0.25) is 0 Å². The van der Waals surface area contributed by atoms with Gasteiger partial charge in [0.15, 0.2) is 6.61 Å². The van der Waals surface area contributed by atoms with Crippen molar-refractivity contribution in [2.24, 2.45) is 5.11 Å². The third-order valence-electron chi connectivity index (χ3n) is 5.63. The van der Waals surface area contributed by atoms with Crippen molar-refractivity contribution in [1.82, 2.24) is 10.3 Å². The molecule has 0 unspecified atom stereocenters. The number of rotatable bonds is 16. The van der Waals surface area contributed by atoms with E-state index < -0.39 is 17.6 Å². The summed E-state index contributed by atoms with van der Waals surface area (Å²) in [5.74, 6) is -0.472. The van der Waals surface area contributed by atoms with E-state index in [4.69, 9.17) is 19.7 Å². The number of aromatic nitrogens is 1. The number of hydrogen-bond acceptors (Lipinski definition) is 8. The van der Waals surface area contributed by atoms with E-state index in [1.54, 1.807) is 24.8 Å². The van der Waals surface area contributed by atoms with Crippen LogP contribution in [0.5, 0.6) is 5.75 Å². The Balaban J connectivity index is 1.41. The predicted octanol–water partition coefficient (Wildman–Crippen LogP) is 6.72. The average Bonchev–Trinajstić information content (AvgIpc) is 3.32. The summed E-state index contributed by atoms with van der Waals surface area (Å²) in [6, 6.07) is 8.42. The molecule has 0 aliphatic carbocycles. The number of carbonyl (C=O) groups is 1. The molecule has 0 atom stereocenters. The normalized spacial score (nSPS) is 11.3. The number of ether oxygens (including phenoxy) is 3. The van der Waals surface area contributed by atoms with Crippen molar-refractivity contribution in [3.8, 4) is 16.3 Å². The lowest BCUT2D eigenvalue weighted by atomic mass is 10.1. The Morgan fingerprint density at radius 1 is 1.12 bits per heavy atom. The van der Waals surface area contributed by atoms with Gasteiger partial charge in [-0.3, -0.25) is 4.79 Å². The van der Waals surface area contributed by atoms with E-state index >= 15 is 0 Å². The van der Waals surface area contributed by atoms with Crippen LogP contribution in [-0.4, -0.2) is 57.0 Å². The Labute approximate surface area is 248 Å². The van der Waals surface area contributed by atoms with Gasteiger partial charge in [0.1, 0.15) is 16.6 Å². The van der Waals surface area contributed by atoms with Crippen LogP contribution in [0.4, 0.5) is 17.6 Å². The van der Waals surface area contributed by atoms with Crippen LogP contribution in [-0.2, 0) is 26.2 Å². The Morgan fingerprint density at radius 3 is 2.57 bits per heavy atom. The number of thiazole rings is 1. The van der Waals surface area contributed by atoms with Crippen molar-refractivity contribution in [2.75, 3.05) is 46.1 Å². The Kier molecular flexibility index (Phi) is 12.9. The number of nitrogens with one attached hydrogen (secondary N) is 1. The van der Waals surface area contributed by atoms with E-state index in [0.717, 1.165) is 33.2 Å². The van der Waals surface area contributed by atoms with Gasteiger partial charge < -0.3 is 19.5 Å². The van der Waals surface area contributed by atoms with Gasteiger partial charge in [0.05, 0.1) is 37.7 Å². The third kappa shape index (κ3) is 10.5. The quantitative estimate of drug-likeness (QED) is 0.0471. The molecule has 1 aromatic heterocycles. The molecule has 3 rings (SSSR count). The molecule has 2 aromatic carbocycles. The second-order valence-corrected chi connectivity index (χ2v) is 10.9. The van der Waals surface area contributed by atoms with E-state index in [2.05, 4.69) is 20.3 Å². The Morgan fingerprint density at radius 2 is 1.88 bits per heavy atom. The van der Waals surface area contributed by atoms with Crippen LogP contribution in [0, 0.1) is 19.7 Å². The lowest BCUT2D eigenvalue weighted by Crippen LogP contribution is -2.32. The Bertz CT molecular complexity index is 1400. The monoisotopic (exact) mass is 627 g/mol. The number of aryl methyl sites for hydroxylation is 2. The van der Waals surface area contributed by atoms with Crippen molar-refractivity contribution in [2.45, 2.75) is 30.7 Å². The highest BCUT2D eigenvalue weighted by molar-refractivity contribution is 7.98. The van der Waals surface area contributed by atoms with Crippen molar-refractivity contribution < 1.29 is 36.6 Å². The molecular weight excluding hydrogens is 598 g/mol. The lowest BCUT2D eigenvalue weighted by molar-refractivity contribution is -0.140. The predicted molar refractivity (Wildman–Crippen MR) is 152 cm³/mol. The zero-order valence-electron chi connectivity index (χ0n) is 22.9. The molecule has 0 aliphatic heterocycles. The number of alkyl halides is 3. The second-order valence-electron chi connectivity index (χ2n) is 8.75. The summed E-state index contributed by atoms with van der Waals surface area (Å²) in [5.41, 5.74) is 8.73. The topological polar surface area (TPSA) is 118 Å². The van der Waals surface area contributed by atoms with Crippen LogP contribution in [0.15, 0.2) is 46.4 Å². The number of thioether (sulfide) groups is 1. The van der Waals surface area contributed by atoms with E-state index in [0.29, 0.717) is 55.0 Å². The van der Waals surface area contributed by atoms with E-state index in [1.165, 1.54) is 17.4 Å². The molecule has 1 amide bonds. The van der Waals surface area contributed by atoms with Gasteiger partial charge in [0, 0.05) is 39.1 Å². The number of hydrogen-bond donors (Lipinski definition) is 1. The molecular formula is C27H29F4N5O4S2. The van der Waals surface area contributed by atoms with Crippen LogP contribution in [0.1, 0.15) is 21.7 Å². The first-order chi connectivity index (χ1) is 20.1. The van der Waals surface area contributed by atoms with Gasteiger partial charge in [-0.2, -0.15) is 13.2 Å². The highest BCUT2D eigenvalue weighted by Crippen LogP contribution is 2.37. The molecule has 42 heavy (non-hydrogen) atoms. The minimum Gasteiger partial charge on any atom is -0.484 e. The molecule has 1 N–H and O–H groups in total.